The Morgan fingerprint density at radius 2 is 2.50 bits per heavy atom. The molecule has 1 unspecified atom stereocenters. The highest BCUT2D eigenvalue weighted by Crippen LogP contribution is 2.13. The molecule has 4 nitrogen and oxygen atoms in total. The Balaban J connectivity index is 2.73. The maximum atomic E-state index is 11.8. The molecular formula is C11H12BrN3O. The molecule has 1 N–H and O–H groups in total. The molecule has 0 spiro atoms. The second kappa shape index (κ2) is 6.23. The van der Waals surface area contributed by atoms with Crippen LogP contribution in [-0.4, -0.2) is 16.9 Å². The lowest BCUT2D eigenvalue weighted by Gasteiger charge is -2.10. The van der Waals surface area contributed by atoms with E-state index in [0.717, 1.165) is 6.42 Å². The second-order valence-corrected chi connectivity index (χ2v) is 4.13. The van der Waals surface area contributed by atoms with Gasteiger partial charge in [-0.05, 0) is 34.5 Å². The molecule has 0 aromatic carbocycles. The Morgan fingerprint density at radius 1 is 1.75 bits per heavy atom. The molecule has 0 aliphatic rings. The smallest absolute Gasteiger partial charge is 0.272 e. The number of aromatic nitrogens is 1. The van der Waals surface area contributed by atoms with Crippen molar-refractivity contribution in [3.05, 3.63) is 28.5 Å². The maximum Gasteiger partial charge on any atom is 0.272 e. The van der Waals surface area contributed by atoms with Crippen LogP contribution in [-0.2, 0) is 0 Å². The number of carbonyl (C=O) groups excluding carboxylic acids is 1. The molecule has 16 heavy (non-hydrogen) atoms. The highest BCUT2D eigenvalue weighted by molar-refractivity contribution is 9.10. The molecule has 0 saturated carbocycles. The summed E-state index contributed by atoms with van der Waals surface area (Å²) in [5, 5.41) is 11.5. The van der Waals surface area contributed by atoms with Crippen LogP contribution in [0.5, 0.6) is 0 Å². The molecule has 1 rings (SSSR count). The van der Waals surface area contributed by atoms with Crippen LogP contribution in [0.3, 0.4) is 0 Å². The summed E-state index contributed by atoms with van der Waals surface area (Å²) in [7, 11) is 0. The van der Waals surface area contributed by atoms with Crippen LogP contribution >= 0.6 is 15.9 Å². The number of carbonyl (C=O) groups is 1. The summed E-state index contributed by atoms with van der Waals surface area (Å²) in [5.74, 6) is -0.326. The van der Waals surface area contributed by atoms with Gasteiger partial charge in [-0.15, -0.1) is 0 Å². The van der Waals surface area contributed by atoms with Crippen molar-refractivity contribution in [3.63, 3.8) is 0 Å². The van der Waals surface area contributed by atoms with E-state index >= 15 is 0 Å². The first-order valence-corrected chi connectivity index (χ1v) is 5.79. The number of nitrogens with zero attached hydrogens (tertiary/aromatic N) is 2. The van der Waals surface area contributed by atoms with E-state index in [1.54, 1.807) is 18.3 Å². The summed E-state index contributed by atoms with van der Waals surface area (Å²) in [6, 6.07) is 5.07. The van der Waals surface area contributed by atoms with Gasteiger partial charge < -0.3 is 5.32 Å². The third-order valence-electron chi connectivity index (χ3n) is 2.01. The normalized spacial score (nSPS) is 11.6. The molecule has 0 aliphatic heterocycles. The molecule has 84 valence electrons. The summed E-state index contributed by atoms with van der Waals surface area (Å²) < 4.78 is 0.626. The lowest BCUT2D eigenvalue weighted by molar-refractivity contribution is 0.0938. The quantitative estimate of drug-likeness (QED) is 0.921. The lowest BCUT2D eigenvalue weighted by Crippen LogP contribution is -2.34. The van der Waals surface area contributed by atoms with Crippen LogP contribution in [0.15, 0.2) is 22.8 Å². The van der Waals surface area contributed by atoms with Crippen LogP contribution in [0.25, 0.3) is 0 Å². The molecule has 1 atom stereocenters. The van der Waals surface area contributed by atoms with Gasteiger partial charge in [0.25, 0.3) is 5.91 Å². The molecule has 1 heterocycles. The van der Waals surface area contributed by atoms with Crippen molar-refractivity contribution >= 4 is 21.8 Å². The van der Waals surface area contributed by atoms with Crippen molar-refractivity contribution in [1.29, 1.82) is 5.26 Å². The summed E-state index contributed by atoms with van der Waals surface area (Å²) in [6.45, 7) is 1.97. The fraction of sp³-hybridized carbons (Fsp3) is 0.364. The fourth-order valence-corrected chi connectivity index (χ4v) is 1.67. The molecule has 0 bridgehead atoms. The fourth-order valence-electron chi connectivity index (χ4n) is 1.24. The summed E-state index contributed by atoms with van der Waals surface area (Å²) >= 11 is 3.24. The second-order valence-electron chi connectivity index (χ2n) is 3.28. The molecule has 0 aliphatic carbocycles. The molecule has 1 aromatic rings. The van der Waals surface area contributed by atoms with Crippen LogP contribution in [0.1, 0.15) is 30.3 Å². The number of hydrogen-bond acceptors (Lipinski definition) is 3. The maximum absolute atomic E-state index is 11.8. The van der Waals surface area contributed by atoms with Gasteiger partial charge in [0.2, 0.25) is 0 Å². The van der Waals surface area contributed by atoms with E-state index < -0.39 is 6.04 Å². The summed E-state index contributed by atoms with van der Waals surface area (Å²) in [6.07, 6.45) is 3.04. The first-order chi connectivity index (χ1) is 7.69. The Hall–Kier alpha value is -1.41. The number of amides is 1. The number of halogens is 1. The molecule has 0 saturated heterocycles. The van der Waals surface area contributed by atoms with Gasteiger partial charge in [-0.25, -0.2) is 4.98 Å². The summed E-state index contributed by atoms with van der Waals surface area (Å²) in [4.78, 5) is 15.7. The lowest BCUT2D eigenvalue weighted by atomic mass is 10.2. The highest BCUT2D eigenvalue weighted by atomic mass is 79.9. The minimum atomic E-state index is -0.452. The Labute approximate surface area is 103 Å². The van der Waals surface area contributed by atoms with Crippen molar-refractivity contribution in [1.82, 2.24) is 10.3 Å². The van der Waals surface area contributed by atoms with E-state index in [9.17, 15) is 4.79 Å². The largest absolute Gasteiger partial charge is 0.335 e. The van der Waals surface area contributed by atoms with Crippen LogP contribution in [0.4, 0.5) is 0 Å². The van der Waals surface area contributed by atoms with Crippen LogP contribution in [0, 0.1) is 11.3 Å². The van der Waals surface area contributed by atoms with Gasteiger partial charge in [0.05, 0.1) is 6.07 Å². The van der Waals surface area contributed by atoms with Gasteiger partial charge in [0, 0.05) is 10.7 Å². The monoisotopic (exact) mass is 281 g/mol. The SMILES string of the molecule is CCCC(C#N)NC(=O)c1ncccc1Br. The Kier molecular flexibility index (Phi) is 4.93. The van der Waals surface area contributed by atoms with Gasteiger partial charge in [-0.3, -0.25) is 4.79 Å². The minimum Gasteiger partial charge on any atom is -0.335 e. The number of nitriles is 1. The van der Waals surface area contributed by atoms with Gasteiger partial charge >= 0.3 is 0 Å². The van der Waals surface area contributed by atoms with E-state index in [1.165, 1.54) is 0 Å². The topological polar surface area (TPSA) is 65.8 Å². The van der Waals surface area contributed by atoms with Crippen molar-refractivity contribution in [2.45, 2.75) is 25.8 Å². The third kappa shape index (κ3) is 3.31. The highest BCUT2D eigenvalue weighted by Gasteiger charge is 2.15. The van der Waals surface area contributed by atoms with Gasteiger partial charge in [-0.1, -0.05) is 13.3 Å². The van der Waals surface area contributed by atoms with Gasteiger partial charge in [0.15, 0.2) is 0 Å². The van der Waals surface area contributed by atoms with Gasteiger partial charge in [0.1, 0.15) is 11.7 Å². The number of nitrogens with one attached hydrogen (secondary N) is 1. The Morgan fingerprint density at radius 3 is 3.06 bits per heavy atom. The van der Waals surface area contributed by atoms with E-state index in [1.807, 2.05) is 13.0 Å². The van der Waals surface area contributed by atoms with E-state index in [-0.39, 0.29) is 5.91 Å². The summed E-state index contributed by atoms with van der Waals surface area (Å²) in [5.41, 5.74) is 0.304. The average Bonchev–Trinajstić information content (AvgIpc) is 2.28. The number of rotatable bonds is 4. The minimum absolute atomic E-state index is 0.304. The molecule has 1 amide bonds. The first-order valence-electron chi connectivity index (χ1n) is 5.00. The van der Waals surface area contributed by atoms with E-state index in [2.05, 4.69) is 26.2 Å². The van der Waals surface area contributed by atoms with Crippen molar-refractivity contribution < 1.29 is 4.79 Å². The predicted molar refractivity (Wildman–Crippen MR) is 63.7 cm³/mol. The van der Waals surface area contributed by atoms with E-state index in [0.29, 0.717) is 16.6 Å². The van der Waals surface area contributed by atoms with Gasteiger partial charge in [-0.2, -0.15) is 5.26 Å². The molecular weight excluding hydrogens is 270 g/mol. The zero-order chi connectivity index (χ0) is 12.0. The standard InChI is InChI=1S/C11H12BrN3O/c1-2-4-8(7-13)15-11(16)10-9(12)5-3-6-14-10/h3,5-6,8H,2,4H2,1H3,(H,15,16). The van der Waals surface area contributed by atoms with Crippen molar-refractivity contribution in [3.8, 4) is 6.07 Å². The Bertz CT molecular complexity index is 414. The molecule has 1 aromatic heterocycles. The van der Waals surface area contributed by atoms with Crippen LogP contribution < -0.4 is 5.32 Å². The molecule has 0 radical (unpaired) electrons. The van der Waals surface area contributed by atoms with E-state index in [4.69, 9.17) is 5.26 Å². The average molecular weight is 282 g/mol. The zero-order valence-corrected chi connectivity index (χ0v) is 10.5. The van der Waals surface area contributed by atoms with Crippen molar-refractivity contribution in [2.75, 3.05) is 0 Å². The van der Waals surface area contributed by atoms with Crippen LogP contribution in [0.2, 0.25) is 0 Å². The zero-order valence-electron chi connectivity index (χ0n) is 8.90. The number of hydrogen-bond donors (Lipinski definition) is 1. The first kappa shape index (κ1) is 12.7. The van der Waals surface area contributed by atoms with Crippen molar-refractivity contribution in [2.24, 2.45) is 0 Å². The third-order valence-corrected chi connectivity index (χ3v) is 2.65. The predicted octanol–water partition coefficient (Wildman–Crippen LogP) is 2.27. The molecule has 5 heteroatoms. The molecule has 0 fully saturated rings. The number of pyridine rings is 1.